The van der Waals surface area contributed by atoms with E-state index in [0.717, 1.165) is 24.2 Å². The molecule has 0 amide bonds. The van der Waals surface area contributed by atoms with Gasteiger partial charge < -0.3 is 19.5 Å². The van der Waals surface area contributed by atoms with E-state index in [0.29, 0.717) is 28.5 Å². The number of ether oxygens (including phenoxy) is 3. The molecule has 0 saturated heterocycles. The molecule has 8 heteroatoms. The molecule has 4 rings (SSSR count). The van der Waals surface area contributed by atoms with Crippen molar-refractivity contribution in [1.82, 2.24) is 4.98 Å². The second kappa shape index (κ2) is 12.0. The number of anilines is 2. The second-order valence-corrected chi connectivity index (χ2v) is 8.25. The zero-order chi connectivity index (χ0) is 25.3. The number of allylic oxidation sites excluding steroid dienone is 1. The molecule has 0 aliphatic heterocycles. The molecule has 0 unspecified atom stereocenters. The van der Waals surface area contributed by atoms with E-state index in [2.05, 4.69) is 20.0 Å². The molecule has 1 heterocycles. The maximum absolute atomic E-state index is 13.9. The Bertz CT molecular complexity index is 1250. The number of carbonyl (C=O) groups is 1. The summed E-state index contributed by atoms with van der Waals surface area (Å²) in [6.07, 6.45) is 11.4. The van der Waals surface area contributed by atoms with Crippen LogP contribution < -0.4 is 14.8 Å². The highest BCUT2D eigenvalue weighted by atomic mass is 19.1. The summed E-state index contributed by atoms with van der Waals surface area (Å²) in [7, 11) is 2.93. The van der Waals surface area contributed by atoms with Crippen molar-refractivity contribution in [3.8, 4) is 11.5 Å². The average molecular weight is 490 g/mol. The lowest BCUT2D eigenvalue weighted by molar-refractivity contribution is 0.0600. The number of esters is 1. The molecule has 0 bridgehead atoms. The fourth-order valence-electron chi connectivity index (χ4n) is 3.96. The van der Waals surface area contributed by atoms with Gasteiger partial charge in [-0.3, -0.25) is 4.99 Å². The standard InChI is InChI=1S/C28H28FN3O4/c1-34-25-11-5-7-19(27(25)36-22-9-3-4-10-22)8-6-16-30-23-14-13-21(29)17-24(23)32-26-15-12-20(18-31-26)28(33)35-2/h5-8,11-18,22H,3-4,9-10H2,1-2H3,(H,31,32)/b8-6+,30-16?. The monoisotopic (exact) mass is 489 g/mol. The van der Waals surface area contributed by atoms with Gasteiger partial charge in [-0.25, -0.2) is 14.2 Å². The van der Waals surface area contributed by atoms with Crippen LogP contribution in [0.25, 0.3) is 6.08 Å². The summed E-state index contributed by atoms with van der Waals surface area (Å²) in [6, 6.07) is 13.2. The molecular formula is C28H28FN3O4. The minimum Gasteiger partial charge on any atom is -0.493 e. The summed E-state index contributed by atoms with van der Waals surface area (Å²) in [5.41, 5.74) is 2.16. The Hall–Kier alpha value is -4.20. The SMILES string of the molecule is COC(=O)c1ccc(Nc2cc(F)ccc2N=C/C=C/c2cccc(OC)c2OC2CCCC2)nc1. The Morgan fingerprint density at radius 2 is 1.97 bits per heavy atom. The summed E-state index contributed by atoms with van der Waals surface area (Å²) >= 11 is 0. The van der Waals surface area contributed by atoms with Gasteiger partial charge in [0.1, 0.15) is 11.6 Å². The fourth-order valence-corrected chi connectivity index (χ4v) is 3.96. The molecule has 0 radical (unpaired) electrons. The van der Waals surface area contributed by atoms with E-state index in [1.165, 1.54) is 38.3 Å². The quantitative estimate of drug-likeness (QED) is 0.273. The molecular weight excluding hydrogens is 461 g/mol. The third kappa shape index (κ3) is 6.27. The first-order chi connectivity index (χ1) is 17.6. The van der Waals surface area contributed by atoms with Gasteiger partial charge in [0.05, 0.1) is 37.3 Å². The van der Waals surface area contributed by atoms with E-state index in [-0.39, 0.29) is 6.10 Å². The van der Waals surface area contributed by atoms with Gasteiger partial charge >= 0.3 is 5.97 Å². The molecule has 186 valence electrons. The van der Waals surface area contributed by atoms with Crippen molar-refractivity contribution < 1.29 is 23.4 Å². The third-order valence-corrected chi connectivity index (χ3v) is 5.80. The van der Waals surface area contributed by atoms with Crippen LogP contribution in [-0.2, 0) is 4.74 Å². The van der Waals surface area contributed by atoms with Crippen molar-refractivity contribution in [3.63, 3.8) is 0 Å². The molecule has 0 spiro atoms. The Balaban J connectivity index is 1.51. The van der Waals surface area contributed by atoms with E-state index < -0.39 is 11.8 Å². The zero-order valence-corrected chi connectivity index (χ0v) is 20.2. The summed E-state index contributed by atoms with van der Waals surface area (Å²) in [5.74, 6) is 0.956. The molecule has 1 fully saturated rings. The zero-order valence-electron chi connectivity index (χ0n) is 20.2. The molecule has 7 nitrogen and oxygen atoms in total. The molecule has 1 aromatic heterocycles. The Morgan fingerprint density at radius 1 is 1.14 bits per heavy atom. The van der Waals surface area contributed by atoms with Gasteiger partial charge in [-0.2, -0.15) is 0 Å². The molecule has 36 heavy (non-hydrogen) atoms. The average Bonchev–Trinajstić information content (AvgIpc) is 3.41. The smallest absolute Gasteiger partial charge is 0.339 e. The van der Waals surface area contributed by atoms with Crippen LogP contribution in [0.4, 0.5) is 21.6 Å². The topological polar surface area (TPSA) is 82.0 Å². The Kier molecular flexibility index (Phi) is 8.28. The second-order valence-electron chi connectivity index (χ2n) is 8.25. The number of hydrogen-bond donors (Lipinski definition) is 1. The maximum Gasteiger partial charge on any atom is 0.339 e. The minimum atomic E-state index is -0.482. The number of nitrogens with one attached hydrogen (secondary N) is 1. The van der Waals surface area contributed by atoms with Gasteiger partial charge in [0.15, 0.2) is 11.5 Å². The normalized spacial score (nSPS) is 13.9. The highest BCUT2D eigenvalue weighted by Gasteiger charge is 2.19. The van der Waals surface area contributed by atoms with E-state index >= 15 is 0 Å². The molecule has 1 N–H and O–H groups in total. The van der Waals surface area contributed by atoms with Crippen LogP contribution in [0.3, 0.4) is 0 Å². The largest absolute Gasteiger partial charge is 0.493 e. The lowest BCUT2D eigenvalue weighted by Gasteiger charge is -2.17. The molecule has 2 aromatic carbocycles. The predicted molar refractivity (Wildman–Crippen MR) is 138 cm³/mol. The van der Waals surface area contributed by atoms with Crippen LogP contribution >= 0.6 is 0 Å². The number of para-hydroxylation sites is 1. The van der Waals surface area contributed by atoms with Crippen LogP contribution in [-0.4, -0.2) is 37.5 Å². The molecule has 1 aliphatic rings. The number of hydrogen-bond acceptors (Lipinski definition) is 7. The van der Waals surface area contributed by atoms with Crippen molar-refractivity contribution >= 4 is 35.5 Å². The van der Waals surface area contributed by atoms with Crippen molar-refractivity contribution in [2.24, 2.45) is 4.99 Å². The maximum atomic E-state index is 13.9. The molecule has 1 saturated carbocycles. The number of nitrogens with zero attached hydrogens (tertiary/aromatic N) is 2. The number of pyridine rings is 1. The first-order valence-corrected chi connectivity index (χ1v) is 11.7. The van der Waals surface area contributed by atoms with Crippen LogP contribution in [0.2, 0.25) is 0 Å². The number of methoxy groups -OCH3 is 2. The minimum absolute atomic E-state index is 0.199. The van der Waals surface area contributed by atoms with E-state index in [9.17, 15) is 9.18 Å². The van der Waals surface area contributed by atoms with Gasteiger partial charge in [0, 0.05) is 18.0 Å². The number of aromatic nitrogens is 1. The van der Waals surface area contributed by atoms with Gasteiger partial charge in [0.2, 0.25) is 0 Å². The van der Waals surface area contributed by atoms with Crippen molar-refractivity contribution in [2.45, 2.75) is 31.8 Å². The van der Waals surface area contributed by atoms with Gasteiger partial charge in [-0.15, -0.1) is 0 Å². The highest BCUT2D eigenvalue weighted by Crippen LogP contribution is 2.35. The molecule has 3 aromatic rings. The number of halogens is 1. The van der Waals surface area contributed by atoms with E-state index in [1.54, 1.807) is 37.6 Å². The lowest BCUT2D eigenvalue weighted by atomic mass is 10.1. The fraction of sp³-hybridized carbons (Fsp3) is 0.250. The van der Waals surface area contributed by atoms with Gasteiger partial charge in [0.25, 0.3) is 0 Å². The summed E-state index contributed by atoms with van der Waals surface area (Å²) in [5, 5.41) is 3.04. The van der Waals surface area contributed by atoms with Crippen LogP contribution in [0, 0.1) is 5.82 Å². The van der Waals surface area contributed by atoms with E-state index in [1.807, 2.05) is 24.3 Å². The lowest BCUT2D eigenvalue weighted by Crippen LogP contribution is -2.12. The number of aliphatic imine (C=N–C) groups is 1. The number of benzene rings is 2. The van der Waals surface area contributed by atoms with Gasteiger partial charge in [-0.05, 0) is 74.2 Å². The van der Waals surface area contributed by atoms with Crippen LogP contribution in [0.1, 0.15) is 41.6 Å². The van der Waals surface area contributed by atoms with Gasteiger partial charge in [-0.1, -0.05) is 12.1 Å². The molecule has 1 aliphatic carbocycles. The summed E-state index contributed by atoms with van der Waals surface area (Å²) in [6.45, 7) is 0. The van der Waals surface area contributed by atoms with Crippen LogP contribution in [0.5, 0.6) is 11.5 Å². The Morgan fingerprint density at radius 3 is 2.69 bits per heavy atom. The highest BCUT2D eigenvalue weighted by molar-refractivity contribution is 5.89. The Labute approximate surface area is 209 Å². The third-order valence-electron chi connectivity index (χ3n) is 5.80. The van der Waals surface area contributed by atoms with Crippen molar-refractivity contribution in [3.05, 3.63) is 77.7 Å². The van der Waals surface area contributed by atoms with Crippen molar-refractivity contribution in [1.29, 1.82) is 0 Å². The summed E-state index contributed by atoms with van der Waals surface area (Å²) in [4.78, 5) is 20.3. The predicted octanol–water partition coefficient (Wildman–Crippen LogP) is 6.50. The number of carbonyl (C=O) groups excluding carboxylic acids is 1. The first-order valence-electron chi connectivity index (χ1n) is 11.7. The number of rotatable bonds is 9. The molecule has 0 atom stereocenters. The van der Waals surface area contributed by atoms with E-state index in [4.69, 9.17) is 9.47 Å². The van der Waals surface area contributed by atoms with Crippen LogP contribution in [0.15, 0.2) is 65.8 Å². The first kappa shape index (κ1) is 24.9. The van der Waals surface area contributed by atoms with Crippen molar-refractivity contribution in [2.75, 3.05) is 19.5 Å². The summed E-state index contributed by atoms with van der Waals surface area (Å²) < 4.78 is 30.4.